The predicted octanol–water partition coefficient (Wildman–Crippen LogP) is 2.35. The van der Waals surface area contributed by atoms with Gasteiger partial charge in [0, 0.05) is 6.42 Å². The van der Waals surface area contributed by atoms with Crippen LogP contribution in [0, 0.1) is 6.92 Å². The Morgan fingerprint density at radius 3 is 2.41 bits per heavy atom. The molecule has 2 aromatic carbocycles. The smallest absolute Gasteiger partial charge is 0.279 e. The third kappa shape index (κ3) is 2.49. The molecule has 1 atom stereocenters. The van der Waals surface area contributed by atoms with Crippen LogP contribution in [0.15, 0.2) is 53.4 Å². The number of benzene rings is 2. The Labute approximate surface area is 130 Å². The second kappa shape index (κ2) is 5.08. The van der Waals surface area contributed by atoms with E-state index in [1.54, 1.807) is 19.1 Å². The van der Waals surface area contributed by atoms with E-state index in [4.69, 9.17) is 10.0 Å². The summed E-state index contributed by atoms with van der Waals surface area (Å²) in [5.41, 5.74) is 1.60. The van der Waals surface area contributed by atoms with Gasteiger partial charge in [-0.3, -0.25) is 5.01 Å². The molecule has 6 heteroatoms. The maximum absolute atomic E-state index is 12.5. The van der Waals surface area contributed by atoms with Gasteiger partial charge < -0.3 is 0 Å². The summed E-state index contributed by atoms with van der Waals surface area (Å²) in [6, 6.07) is 14.1. The Balaban J connectivity index is 1.91. The summed E-state index contributed by atoms with van der Waals surface area (Å²) in [4.78, 5) is 0.128. The summed E-state index contributed by atoms with van der Waals surface area (Å²) in [5, 5.41) is 1.38. The zero-order chi connectivity index (χ0) is 16.0. The van der Waals surface area contributed by atoms with Crippen molar-refractivity contribution in [1.82, 2.24) is 0 Å². The van der Waals surface area contributed by atoms with E-state index < -0.39 is 15.8 Å². The Kier molecular flexibility index (Phi) is 3.47. The van der Waals surface area contributed by atoms with E-state index in [-0.39, 0.29) is 4.90 Å². The van der Waals surface area contributed by atoms with Crippen LogP contribution in [0.25, 0.3) is 0 Å². The first-order valence-corrected chi connectivity index (χ1v) is 8.38. The maximum Gasteiger partial charge on any atom is 0.299 e. The maximum atomic E-state index is 12.5. The van der Waals surface area contributed by atoms with Gasteiger partial charge in [-0.1, -0.05) is 35.9 Å². The quantitative estimate of drug-likeness (QED) is 0.695. The van der Waals surface area contributed by atoms with E-state index in [2.05, 4.69) is 0 Å². The van der Waals surface area contributed by atoms with Crippen LogP contribution in [0.2, 0.25) is 0 Å². The lowest BCUT2D eigenvalue weighted by molar-refractivity contribution is 0.102. The van der Waals surface area contributed by atoms with E-state index >= 15 is 0 Å². The van der Waals surface area contributed by atoms with E-state index in [0.717, 1.165) is 16.8 Å². The molecule has 1 aliphatic rings. The van der Waals surface area contributed by atoms with E-state index in [1.807, 2.05) is 31.2 Å². The first-order chi connectivity index (χ1) is 10.3. The van der Waals surface area contributed by atoms with E-state index in [1.165, 1.54) is 17.1 Å². The molecule has 2 aromatic rings. The number of nitrogens with two attached hydrogens (primary N) is 1. The highest BCUT2D eigenvalue weighted by Crippen LogP contribution is 2.38. The van der Waals surface area contributed by atoms with E-state index in [0.29, 0.717) is 6.42 Å². The van der Waals surface area contributed by atoms with Crippen molar-refractivity contribution < 1.29 is 12.6 Å². The highest BCUT2D eigenvalue weighted by Gasteiger charge is 2.43. The number of nitrogens with zero attached hydrogens (tertiary/aromatic N) is 1. The molecule has 116 valence electrons. The van der Waals surface area contributed by atoms with Gasteiger partial charge in [0.25, 0.3) is 10.1 Å². The minimum Gasteiger partial charge on any atom is -0.279 e. The van der Waals surface area contributed by atoms with Gasteiger partial charge in [0.05, 0.1) is 10.6 Å². The van der Waals surface area contributed by atoms with Crippen molar-refractivity contribution in [3.05, 3.63) is 59.7 Å². The molecule has 0 amide bonds. The molecule has 3 rings (SSSR count). The first kappa shape index (κ1) is 15.0. The minimum absolute atomic E-state index is 0.128. The van der Waals surface area contributed by atoms with E-state index in [9.17, 15) is 8.42 Å². The number of anilines is 1. The molecule has 0 spiro atoms. The van der Waals surface area contributed by atoms with Crippen molar-refractivity contribution >= 4 is 15.8 Å². The average molecular weight is 318 g/mol. The number of aryl methyl sites for hydroxylation is 1. The number of para-hydroxylation sites is 1. The fourth-order valence-electron chi connectivity index (χ4n) is 2.65. The van der Waals surface area contributed by atoms with Crippen LogP contribution in [0.5, 0.6) is 0 Å². The molecule has 0 radical (unpaired) electrons. The molecule has 0 saturated carbocycles. The molecule has 0 saturated heterocycles. The van der Waals surface area contributed by atoms with Crippen LogP contribution in [0.3, 0.4) is 0 Å². The van der Waals surface area contributed by atoms with Gasteiger partial charge in [-0.05, 0) is 37.6 Å². The lowest BCUT2D eigenvalue weighted by Crippen LogP contribution is -2.51. The van der Waals surface area contributed by atoms with Crippen LogP contribution < -0.4 is 10.9 Å². The van der Waals surface area contributed by atoms with Gasteiger partial charge in [-0.25, -0.2) is 10.0 Å². The number of hydrazine groups is 1. The average Bonchev–Trinajstić information content (AvgIpc) is 2.70. The highest BCUT2D eigenvalue weighted by molar-refractivity contribution is 7.86. The Morgan fingerprint density at radius 1 is 1.14 bits per heavy atom. The molecule has 5 nitrogen and oxygen atoms in total. The molecular formula is C16H18N2O3S. The molecule has 2 N–H and O–H groups in total. The second-order valence-electron chi connectivity index (χ2n) is 5.70. The van der Waals surface area contributed by atoms with Gasteiger partial charge in [0.2, 0.25) is 0 Å². The van der Waals surface area contributed by atoms with Crippen molar-refractivity contribution in [2.45, 2.75) is 30.9 Å². The SMILES string of the molecule is Cc1ccc(S(=O)(=O)OC2(C)Cc3ccccc3N2N)cc1. The fraction of sp³-hybridized carbons (Fsp3) is 0.250. The Morgan fingerprint density at radius 2 is 1.77 bits per heavy atom. The molecule has 22 heavy (non-hydrogen) atoms. The zero-order valence-electron chi connectivity index (χ0n) is 12.5. The molecule has 0 fully saturated rings. The molecule has 1 unspecified atom stereocenters. The summed E-state index contributed by atoms with van der Waals surface area (Å²) in [7, 11) is -3.89. The lowest BCUT2D eigenvalue weighted by atomic mass is 10.1. The number of fused-ring (bicyclic) bond motifs is 1. The summed E-state index contributed by atoms with van der Waals surface area (Å²) >= 11 is 0. The van der Waals surface area contributed by atoms with Crippen molar-refractivity contribution in [2.75, 3.05) is 5.01 Å². The monoisotopic (exact) mass is 318 g/mol. The van der Waals surface area contributed by atoms with Crippen LogP contribution in [0.4, 0.5) is 5.69 Å². The van der Waals surface area contributed by atoms with Crippen LogP contribution >= 0.6 is 0 Å². The summed E-state index contributed by atoms with van der Waals surface area (Å²) < 4.78 is 30.5. The van der Waals surface area contributed by atoms with Crippen molar-refractivity contribution in [3.63, 3.8) is 0 Å². The number of hydrogen-bond acceptors (Lipinski definition) is 5. The van der Waals surface area contributed by atoms with Gasteiger partial charge in [-0.15, -0.1) is 0 Å². The predicted molar refractivity (Wildman–Crippen MR) is 84.7 cm³/mol. The third-order valence-corrected chi connectivity index (χ3v) is 5.31. The van der Waals surface area contributed by atoms with Crippen LogP contribution in [-0.2, 0) is 20.7 Å². The Hall–Kier alpha value is -1.89. The summed E-state index contributed by atoms with van der Waals surface area (Å²) in [6.45, 7) is 3.58. The molecule has 0 aliphatic carbocycles. The fourth-order valence-corrected chi connectivity index (χ4v) is 3.83. The molecule has 1 heterocycles. The molecule has 0 bridgehead atoms. The molecular weight excluding hydrogens is 300 g/mol. The first-order valence-electron chi connectivity index (χ1n) is 6.97. The van der Waals surface area contributed by atoms with Crippen LogP contribution in [-0.4, -0.2) is 14.1 Å². The van der Waals surface area contributed by atoms with Gasteiger partial charge in [0.1, 0.15) is 0 Å². The summed E-state index contributed by atoms with van der Waals surface area (Å²) in [6.07, 6.45) is 0.408. The van der Waals surface area contributed by atoms with Gasteiger partial charge >= 0.3 is 0 Å². The molecule has 1 aliphatic heterocycles. The summed E-state index contributed by atoms with van der Waals surface area (Å²) in [5.74, 6) is 6.08. The number of hydrogen-bond donors (Lipinski definition) is 1. The minimum atomic E-state index is -3.89. The lowest BCUT2D eigenvalue weighted by Gasteiger charge is -2.32. The standard InChI is InChI=1S/C16H18N2O3S/c1-12-7-9-14(10-8-12)22(19,20)21-16(2)11-13-5-3-4-6-15(13)18(16)17/h3-10H,11,17H2,1-2H3. The Bertz CT molecular complexity index is 802. The zero-order valence-corrected chi connectivity index (χ0v) is 13.3. The largest absolute Gasteiger partial charge is 0.299 e. The van der Waals surface area contributed by atoms with Gasteiger partial charge in [-0.2, -0.15) is 8.42 Å². The van der Waals surface area contributed by atoms with Crippen molar-refractivity contribution in [3.8, 4) is 0 Å². The van der Waals surface area contributed by atoms with Gasteiger partial charge in [0.15, 0.2) is 5.72 Å². The van der Waals surface area contributed by atoms with Crippen molar-refractivity contribution in [1.29, 1.82) is 0 Å². The third-order valence-electron chi connectivity index (χ3n) is 3.88. The normalized spacial score (nSPS) is 21.0. The molecule has 0 aromatic heterocycles. The van der Waals surface area contributed by atoms with Crippen molar-refractivity contribution in [2.24, 2.45) is 5.84 Å². The topological polar surface area (TPSA) is 72.6 Å². The second-order valence-corrected chi connectivity index (χ2v) is 7.25. The number of rotatable bonds is 3. The van der Waals surface area contributed by atoms with Crippen LogP contribution in [0.1, 0.15) is 18.1 Å². The highest BCUT2D eigenvalue weighted by atomic mass is 32.2.